The summed E-state index contributed by atoms with van der Waals surface area (Å²) in [7, 11) is 1.92. The summed E-state index contributed by atoms with van der Waals surface area (Å²) in [5, 5.41) is 31.8. The number of rotatable bonds is 9. The van der Waals surface area contributed by atoms with E-state index in [0.717, 1.165) is 19.4 Å². The van der Waals surface area contributed by atoms with Crippen molar-refractivity contribution in [2.75, 3.05) is 13.6 Å². The maximum atomic E-state index is 13.0. The highest BCUT2D eigenvalue weighted by Gasteiger charge is 2.68. The molecular formula is C27H33NO11. The van der Waals surface area contributed by atoms with Crippen LogP contribution in [0.15, 0.2) is 24.0 Å². The Labute approximate surface area is 225 Å². The lowest BCUT2D eigenvalue weighted by Gasteiger charge is -2.56. The van der Waals surface area contributed by atoms with Gasteiger partial charge in [-0.15, -0.1) is 0 Å². The number of likely N-dealkylation sites (N-methyl/N-ethyl adjacent to an activating group) is 1. The summed E-state index contributed by atoms with van der Waals surface area (Å²) in [6.45, 7) is 6.62. The Morgan fingerprint density at radius 3 is 2.54 bits per heavy atom. The number of phenols is 1. The molecule has 4 rings (SSSR count). The third-order valence-corrected chi connectivity index (χ3v) is 8.07. The second-order valence-electron chi connectivity index (χ2n) is 10.4. The van der Waals surface area contributed by atoms with Gasteiger partial charge in [-0.25, -0.2) is 9.59 Å². The number of aliphatic hydroxyl groups is 1. The molecule has 12 heteroatoms. The molecule has 0 saturated heterocycles. The molecule has 1 heterocycles. The van der Waals surface area contributed by atoms with Crippen LogP contribution in [0.2, 0.25) is 0 Å². The largest absolute Gasteiger partial charge is 0.504 e. The van der Waals surface area contributed by atoms with Gasteiger partial charge in [0.25, 0.3) is 0 Å². The van der Waals surface area contributed by atoms with Gasteiger partial charge in [0.1, 0.15) is 5.76 Å². The summed E-state index contributed by atoms with van der Waals surface area (Å²) < 4.78 is 21.4. The molecule has 1 aliphatic heterocycles. The van der Waals surface area contributed by atoms with Crippen LogP contribution in [0.4, 0.5) is 0 Å². The van der Waals surface area contributed by atoms with Crippen molar-refractivity contribution in [1.82, 2.24) is 4.90 Å². The summed E-state index contributed by atoms with van der Waals surface area (Å²) in [6, 6.07) is 3.04. The zero-order valence-electron chi connectivity index (χ0n) is 22.4. The van der Waals surface area contributed by atoms with Crippen LogP contribution >= 0.6 is 0 Å². The van der Waals surface area contributed by atoms with Gasteiger partial charge in [-0.1, -0.05) is 13.0 Å². The fourth-order valence-electron chi connectivity index (χ4n) is 5.89. The molecule has 39 heavy (non-hydrogen) atoms. The van der Waals surface area contributed by atoms with E-state index in [4.69, 9.17) is 24.1 Å². The number of carbonyl (C=O) groups excluding carboxylic acids is 3. The van der Waals surface area contributed by atoms with E-state index in [1.807, 2.05) is 25.8 Å². The van der Waals surface area contributed by atoms with E-state index < -0.39 is 59.6 Å². The highest BCUT2D eigenvalue weighted by molar-refractivity contribution is 5.86. The van der Waals surface area contributed by atoms with Crippen molar-refractivity contribution in [3.8, 4) is 11.5 Å². The molecule has 0 amide bonds. The molecule has 0 spiro atoms. The average molecular weight is 548 g/mol. The molecule has 12 nitrogen and oxygen atoms in total. The van der Waals surface area contributed by atoms with Crippen LogP contribution in [0.25, 0.3) is 0 Å². The van der Waals surface area contributed by atoms with Crippen molar-refractivity contribution >= 4 is 23.9 Å². The Morgan fingerprint density at radius 1 is 1.23 bits per heavy atom. The number of carboxylic acid groups (broad SMARTS) is 1. The zero-order valence-corrected chi connectivity index (χ0v) is 22.4. The predicted octanol–water partition coefficient (Wildman–Crippen LogP) is 1.19. The molecule has 3 aliphatic rings. The molecule has 2 aliphatic carbocycles. The molecule has 6 atom stereocenters. The van der Waals surface area contributed by atoms with Gasteiger partial charge in [-0.2, -0.15) is 0 Å². The number of hydrogen-bond acceptors (Lipinski definition) is 11. The van der Waals surface area contributed by atoms with Crippen LogP contribution in [0.5, 0.6) is 11.5 Å². The van der Waals surface area contributed by atoms with Crippen LogP contribution in [0.3, 0.4) is 0 Å². The summed E-state index contributed by atoms with van der Waals surface area (Å²) in [5.74, 6) is -4.30. The average Bonchev–Trinajstić information content (AvgIpc) is 3.20. The quantitative estimate of drug-likeness (QED) is 0.299. The van der Waals surface area contributed by atoms with Crippen molar-refractivity contribution in [2.45, 2.75) is 82.3 Å². The number of aliphatic carboxylic acids is 1. The number of nitrogens with zero attached hydrogens (tertiary/aromatic N) is 1. The number of hydrogen-bond donors (Lipinski definition) is 3. The van der Waals surface area contributed by atoms with Crippen molar-refractivity contribution in [1.29, 1.82) is 0 Å². The van der Waals surface area contributed by atoms with Crippen molar-refractivity contribution in [3.05, 3.63) is 35.1 Å². The Bertz CT molecular complexity index is 1240. The number of aromatic hydroxyl groups is 1. The minimum absolute atomic E-state index is 0.0716. The van der Waals surface area contributed by atoms with Crippen molar-refractivity contribution in [3.63, 3.8) is 0 Å². The first-order chi connectivity index (χ1) is 18.2. The first-order valence-electron chi connectivity index (χ1n) is 12.7. The third-order valence-electron chi connectivity index (χ3n) is 8.07. The monoisotopic (exact) mass is 547 g/mol. The smallest absolute Gasteiger partial charge is 0.348 e. The molecule has 212 valence electrons. The van der Waals surface area contributed by atoms with E-state index in [9.17, 15) is 29.4 Å². The summed E-state index contributed by atoms with van der Waals surface area (Å²) in [6.07, 6.45) is -2.80. The molecule has 1 aromatic carbocycles. The first kappa shape index (κ1) is 28.4. The summed E-state index contributed by atoms with van der Waals surface area (Å²) in [5.41, 5.74) is -0.873. The maximum Gasteiger partial charge on any atom is 0.348 e. The molecular weight excluding hydrogens is 514 g/mol. The van der Waals surface area contributed by atoms with Crippen LogP contribution < -0.4 is 4.74 Å². The van der Waals surface area contributed by atoms with Gasteiger partial charge in [-0.3, -0.25) is 9.59 Å². The van der Waals surface area contributed by atoms with E-state index in [2.05, 4.69) is 0 Å². The highest BCUT2D eigenvalue weighted by Crippen LogP contribution is 2.62. The molecule has 0 bridgehead atoms. The minimum Gasteiger partial charge on any atom is -0.504 e. The van der Waals surface area contributed by atoms with Crippen LogP contribution in [0, 0.1) is 0 Å². The Kier molecular flexibility index (Phi) is 7.39. The van der Waals surface area contributed by atoms with Gasteiger partial charge in [0.05, 0.1) is 17.4 Å². The second kappa shape index (κ2) is 10.2. The van der Waals surface area contributed by atoms with Gasteiger partial charge in [0.15, 0.2) is 23.7 Å². The zero-order chi connectivity index (χ0) is 28.9. The fraction of sp³-hybridized carbons (Fsp3) is 0.556. The lowest BCUT2D eigenvalue weighted by atomic mass is 9.54. The van der Waals surface area contributed by atoms with E-state index in [-0.39, 0.29) is 29.7 Å². The van der Waals surface area contributed by atoms with Gasteiger partial charge >= 0.3 is 23.9 Å². The topological polar surface area (TPSA) is 169 Å². The normalized spacial score (nSPS) is 27.9. The maximum absolute atomic E-state index is 13.0. The molecule has 0 saturated carbocycles. The first-order valence-corrected chi connectivity index (χ1v) is 12.7. The summed E-state index contributed by atoms with van der Waals surface area (Å²) in [4.78, 5) is 50.0. The lowest BCUT2D eigenvalue weighted by molar-refractivity contribution is -0.177. The van der Waals surface area contributed by atoms with Crippen LogP contribution in [-0.4, -0.2) is 87.6 Å². The Balaban J connectivity index is 1.63. The lowest BCUT2D eigenvalue weighted by Crippen LogP contribution is -2.69. The number of carboxylic acids is 1. The fourth-order valence-corrected chi connectivity index (χ4v) is 5.89. The van der Waals surface area contributed by atoms with E-state index in [0.29, 0.717) is 18.5 Å². The molecule has 0 unspecified atom stereocenters. The van der Waals surface area contributed by atoms with E-state index in [1.165, 1.54) is 6.07 Å². The Hall–Kier alpha value is -3.64. The molecule has 1 aromatic rings. The van der Waals surface area contributed by atoms with Gasteiger partial charge in [0, 0.05) is 24.9 Å². The standard InChI is InChI=1S/C27H33NO11/c1-6-28(5)19-11-15-7-8-16(30)22-21(15)26(4)23(39-22)17(9-10-27(19,26)35)38-20(31)12-18(37-14(3)29)25(34)36-13(2)24(32)33/h7-9,13,18-19,23,30,35H,6,10-12H2,1-5H3,(H,32,33)/t13-,18-,19+,23-,26-,27+/m0/s1. The molecule has 0 radical (unpaired) electrons. The van der Waals surface area contributed by atoms with Gasteiger partial charge in [0.2, 0.25) is 6.10 Å². The van der Waals surface area contributed by atoms with E-state index in [1.54, 1.807) is 12.1 Å². The number of carbonyl (C=O) groups is 4. The van der Waals surface area contributed by atoms with Gasteiger partial charge in [-0.05, 0) is 51.6 Å². The van der Waals surface area contributed by atoms with Gasteiger partial charge < -0.3 is 39.2 Å². The van der Waals surface area contributed by atoms with Crippen molar-refractivity contribution in [2.24, 2.45) is 0 Å². The molecule has 0 fully saturated rings. The second-order valence-corrected chi connectivity index (χ2v) is 10.4. The van der Waals surface area contributed by atoms with Crippen LogP contribution in [-0.2, 0) is 45.2 Å². The predicted molar refractivity (Wildman–Crippen MR) is 133 cm³/mol. The SMILES string of the molecule is CCN(C)[C@@H]1Cc2ccc(O)c3c2[C@@]2(C)[C@@H](O3)C(OC(=O)C[C@H](OC(C)=O)C(=O)O[C@@H](C)C(=O)O)=CC[C@@]12O. The number of phenolic OH excluding ortho intramolecular Hbond substituents is 1. The number of ether oxygens (including phenoxy) is 4. The number of benzene rings is 1. The molecule has 0 aromatic heterocycles. The van der Waals surface area contributed by atoms with E-state index >= 15 is 0 Å². The summed E-state index contributed by atoms with van der Waals surface area (Å²) >= 11 is 0. The van der Waals surface area contributed by atoms with Crippen LogP contribution in [0.1, 0.15) is 51.7 Å². The molecule has 3 N–H and O–H groups in total. The highest BCUT2D eigenvalue weighted by atomic mass is 16.6. The third kappa shape index (κ3) is 4.61. The van der Waals surface area contributed by atoms with Crippen molar-refractivity contribution < 1.29 is 53.4 Å². The Morgan fingerprint density at radius 2 is 1.92 bits per heavy atom. The minimum atomic E-state index is -1.73. The number of esters is 3.